The van der Waals surface area contributed by atoms with Gasteiger partial charge in [-0.25, -0.2) is 9.23 Å². The van der Waals surface area contributed by atoms with Crippen molar-refractivity contribution >= 4 is 11.6 Å². The molecular weight excluding hydrogens is 439 g/mol. The van der Waals surface area contributed by atoms with Crippen molar-refractivity contribution in [3.63, 3.8) is 0 Å². The van der Waals surface area contributed by atoms with Gasteiger partial charge in [0, 0.05) is 6.20 Å². The third-order valence-corrected chi connectivity index (χ3v) is 5.79. The lowest BCUT2D eigenvalue weighted by atomic mass is 9.94. The molecule has 0 amide bonds. The third kappa shape index (κ3) is 3.51. The van der Waals surface area contributed by atoms with E-state index < -0.39 is 5.78 Å². The second-order valence-electron chi connectivity index (χ2n) is 7.70. The molecule has 0 radical (unpaired) electrons. The van der Waals surface area contributed by atoms with Crippen LogP contribution in [-0.4, -0.2) is 40.6 Å². The Bertz CT molecular complexity index is 1430. The number of fused-ring (bicyclic) bond motifs is 2. The average Bonchev–Trinajstić information content (AvgIpc) is 3.25. The Morgan fingerprint density at radius 3 is 2.47 bits per heavy atom. The smallest absolute Gasteiger partial charge is 0.239 e. The summed E-state index contributed by atoms with van der Waals surface area (Å²) >= 11 is 0. The molecule has 2 heterocycles. The molecule has 0 aliphatic heterocycles. The van der Waals surface area contributed by atoms with Crippen LogP contribution in [0, 0.1) is 5.82 Å². The molecule has 0 unspecified atom stereocenters. The van der Waals surface area contributed by atoms with Crippen molar-refractivity contribution in [3.8, 4) is 16.9 Å². The largest absolute Gasteiger partial charge is 0.496 e. The molecule has 34 heavy (non-hydrogen) atoms. The maximum Gasteiger partial charge on any atom is 0.239 e. The second-order valence-corrected chi connectivity index (χ2v) is 7.70. The topological polar surface area (TPSA) is 87.2 Å². The summed E-state index contributed by atoms with van der Waals surface area (Å²) in [5.41, 5.74) is 3.14. The van der Waals surface area contributed by atoms with E-state index in [4.69, 9.17) is 9.57 Å². The van der Waals surface area contributed by atoms with Gasteiger partial charge >= 0.3 is 0 Å². The van der Waals surface area contributed by atoms with Gasteiger partial charge in [0.2, 0.25) is 22.2 Å². The summed E-state index contributed by atoms with van der Waals surface area (Å²) in [6, 6.07) is 15.2. The number of pyridine rings is 1. The normalized spacial score (nSPS) is 12.3. The summed E-state index contributed by atoms with van der Waals surface area (Å²) in [5.74, 6) is -0.402. The molecule has 2 aromatic heterocycles. The fourth-order valence-corrected chi connectivity index (χ4v) is 4.12. The van der Waals surface area contributed by atoms with E-state index >= 15 is 0 Å². The summed E-state index contributed by atoms with van der Waals surface area (Å²) in [6.07, 6.45) is 1.94. The Kier molecular flexibility index (Phi) is 5.37. The van der Waals surface area contributed by atoms with Gasteiger partial charge in [-0.2, -0.15) is 0 Å². The Labute approximate surface area is 194 Å². The Balaban J connectivity index is 1.47. The number of nitrogens with zero attached hydrogens (tertiary/aromatic N) is 4. The van der Waals surface area contributed by atoms with Crippen molar-refractivity contribution in [2.75, 3.05) is 14.2 Å². The highest BCUT2D eigenvalue weighted by Gasteiger charge is 2.42. The van der Waals surface area contributed by atoms with Crippen molar-refractivity contribution in [2.45, 2.75) is 13.0 Å². The number of ether oxygens (including phenoxy) is 1. The van der Waals surface area contributed by atoms with Gasteiger partial charge in [-0.3, -0.25) is 14.6 Å². The van der Waals surface area contributed by atoms with Crippen LogP contribution in [0.25, 0.3) is 11.1 Å². The molecule has 0 saturated carbocycles. The van der Waals surface area contributed by atoms with E-state index in [1.165, 1.54) is 25.4 Å². The molecule has 9 heteroatoms. The molecule has 0 bridgehead atoms. The van der Waals surface area contributed by atoms with Gasteiger partial charge in [0.05, 0.1) is 24.3 Å². The van der Waals surface area contributed by atoms with Crippen LogP contribution < -0.4 is 14.5 Å². The van der Waals surface area contributed by atoms with E-state index in [9.17, 15) is 14.0 Å². The molecule has 5 rings (SSSR count). The zero-order chi connectivity index (χ0) is 23.8. The lowest BCUT2D eigenvalue weighted by molar-refractivity contribution is -0.986. The van der Waals surface area contributed by atoms with Crippen LogP contribution in [0.3, 0.4) is 0 Å². The first kappa shape index (κ1) is 21.4. The van der Waals surface area contributed by atoms with Crippen LogP contribution in [0.2, 0.25) is 0 Å². The highest BCUT2D eigenvalue weighted by Crippen LogP contribution is 2.29. The van der Waals surface area contributed by atoms with Crippen molar-refractivity contribution in [3.05, 3.63) is 94.8 Å². The minimum absolute atomic E-state index is 0.0108. The number of carbonyl (C=O) groups is 2. The first-order valence-corrected chi connectivity index (χ1v) is 10.6. The van der Waals surface area contributed by atoms with E-state index in [1.807, 2.05) is 18.2 Å². The Morgan fingerprint density at radius 2 is 1.74 bits per heavy atom. The predicted molar refractivity (Wildman–Crippen MR) is 118 cm³/mol. The predicted octanol–water partition coefficient (Wildman–Crippen LogP) is 2.46. The van der Waals surface area contributed by atoms with Gasteiger partial charge in [-0.1, -0.05) is 28.9 Å². The van der Waals surface area contributed by atoms with Crippen LogP contribution in [0.15, 0.2) is 60.8 Å². The number of methoxy groups -OCH3 is 1. The van der Waals surface area contributed by atoms with Crippen LogP contribution in [-0.2, 0) is 13.0 Å². The summed E-state index contributed by atoms with van der Waals surface area (Å²) < 4.78 is 20.4. The van der Waals surface area contributed by atoms with Crippen molar-refractivity contribution in [1.29, 1.82) is 0 Å². The fourth-order valence-electron chi connectivity index (χ4n) is 4.12. The van der Waals surface area contributed by atoms with Gasteiger partial charge in [-0.15, -0.1) is 0 Å². The molecule has 4 aromatic rings. The second kappa shape index (κ2) is 8.51. The third-order valence-electron chi connectivity index (χ3n) is 5.79. The maximum absolute atomic E-state index is 13.3. The van der Waals surface area contributed by atoms with Crippen LogP contribution >= 0.6 is 0 Å². The fraction of sp³-hybridized carbons (Fsp3) is 0.160. The molecule has 1 aliphatic carbocycles. The van der Waals surface area contributed by atoms with Crippen LogP contribution in [0.1, 0.15) is 37.8 Å². The average molecular weight is 459 g/mol. The van der Waals surface area contributed by atoms with E-state index in [0.717, 1.165) is 21.7 Å². The number of ketones is 2. The number of hydrogen-bond donors (Lipinski definition) is 0. The number of hydrogen-bond acceptors (Lipinski definition) is 6. The summed E-state index contributed by atoms with van der Waals surface area (Å²) in [7, 11) is 2.99. The quantitative estimate of drug-likeness (QED) is 0.363. The van der Waals surface area contributed by atoms with E-state index in [-0.39, 0.29) is 34.2 Å². The van der Waals surface area contributed by atoms with Crippen molar-refractivity contribution in [2.24, 2.45) is 0 Å². The van der Waals surface area contributed by atoms with Crippen LogP contribution in [0.5, 0.6) is 5.75 Å². The number of carbonyl (C=O) groups excluding carboxylic acids is 2. The lowest BCUT2D eigenvalue weighted by Gasteiger charge is -2.12. The first-order valence-electron chi connectivity index (χ1n) is 10.6. The van der Waals surface area contributed by atoms with Crippen molar-refractivity contribution < 1.29 is 28.5 Å². The number of aromatic nitrogens is 4. The Morgan fingerprint density at radius 1 is 0.971 bits per heavy atom. The highest BCUT2D eigenvalue weighted by atomic mass is 19.1. The molecule has 0 saturated heterocycles. The summed E-state index contributed by atoms with van der Waals surface area (Å²) in [4.78, 5) is 36.6. The molecule has 0 spiro atoms. The van der Waals surface area contributed by atoms with Crippen molar-refractivity contribution in [1.82, 2.24) is 14.8 Å². The minimum atomic E-state index is -0.420. The van der Waals surface area contributed by atoms with Gasteiger partial charge in [0.25, 0.3) is 0 Å². The maximum atomic E-state index is 13.3. The molecular formula is C25H20FN4O4+. The van der Waals surface area contributed by atoms with Gasteiger partial charge < -0.3 is 4.74 Å². The molecule has 8 nitrogen and oxygen atoms in total. The lowest BCUT2D eigenvalue weighted by Crippen LogP contribution is -2.52. The van der Waals surface area contributed by atoms with Crippen LogP contribution in [0.4, 0.5) is 4.39 Å². The number of rotatable bonds is 6. The van der Waals surface area contributed by atoms with Gasteiger partial charge in [-0.05, 0) is 53.4 Å². The minimum Gasteiger partial charge on any atom is -0.496 e. The molecule has 0 fully saturated rings. The number of aryl methyl sites for hydroxylation is 1. The zero-order valence-electron chi connectivity index (χ0n) is 18.5. The monoisotopic (exact) mass is 459 g/mol. The summed E-state index contributed by atoms with van der Waals surface area (Å²) in [6.45, 7) is 0.303. The van der Waals surface area contributed by atoms with E-state index in [2.05, 4.69) is 10.1 Å². The SMILES string of the molecule is COc1cc(-c2ccc(F)cc2)ccc1CCn1c2c(n[n+]1OC)C(=O)c1ncccc1C2=O. The van der Waals surface area contributed by atoms with E-state index in [0.29, 0.717) is 18.7 Å². The van der Waals surface area contributed by atoms with Gasteiger partial charge in [0.1, 0.15) is 17.3 Å². The standard InChI is InChI=1S/C25H20FN4O4/c1-33-20-14-17(15-7-9-18(26)10-8-15)6-5-16(20)11-13-29-23-22(28-30(29)34-2)25(32)21-19(24(23)31)4-3-12-27-21/h3-10,12,14H,11,13H2,1-2H3/q+1. The summed E-state index contributed by atoms with van der Waals surface area (Å²) in [5, 5.41) is 4.20. The highest BCUT2D eigenvalue weighted by molar-refractivity contribution is 6.26. The number of halogens is 1. The first-order chi connectivity index (χ1) is 16.5. The van der Waals surface area contributed by atoms with E-state index in [1.54, 1.807) is 36.1 Å². The van der Waals surface area contributed by atoms with Gasteiger partial charge in [0.15, 0.2) is 12.8 Å². The molecule has 2 aromatic carbocycles. The molecule has 0 N–H and O–H groups in total. The zero-order valence-corrected chi connectivity index (χ0v) is 18.5. The molecule has 170 valence electrons. The molecule has 0 atom stereocenters. The number of benzene rings is 2. The Hall–Kier alpha value is -4.40. The molecule has 1 aliphatic rings.